The second kappa shape index (κ2) is 7.98. The summed E-state index contributed by atoms with van der Waals surface area (Å²) in [7, 11) is 0. The number of nitrogens with zero attached hydrogens (tertiary/aromatic N) is 2. The van der Waals surface area contributed by atoms with Crippen molar-refractivity contribution in [2.45, 2.75) is 59.3 Å². The lowest BCUT2D eigenvalue weighted by atomic mass is 9.72. The van der Waals surface area contributed by atoms with Crippen LogP contribution in [0.15, 0.2) is 22.4 Å². The molecule has 1 atom stereocenters. The van der Waals surface area contributed by atoms with E-state index in [-0.39, 0.29) is 29.3 Å². The van der Waals surface area contributed by atoms with Crippen LogP contribution < -0.4 is 0 Å². The fourth-order valence-electron chi connectivity index (χ4n) is 4.63. The largest absolute Gasteiger partial charge is 0.382 e. The molecule has 27 heavy (non-hydrogen) atoms. The summed E-state index contributed by atoms with van der Waals surface area (Å²) in [6.45, 7) is 9.26. The van der Waals surface area contributed by atoms with Crippen LogP contribution in [0.4, 0.5) is 0 Å². The Morgan fingerprint density at radius 2 is 1.93 bits per heavy atom. The molecular formula is C22H30N2O3. The van der Waals surface area contributed by atoms with E-state index < -0.39 is 0 Å². The maximum atomic E-state index is 13.0. The number of ketones is 2. The highest BCUT2D eigenvalue weighted by molar-refractivity contribution is 6.27. The molecule has 0 bridgehead atoms. The van der Waals surface area contributed by atoms with E-state index in [1.54, 1.807) is 0 Å². The Hall–Kier alpha value is -1.93. The predicted molar refractivity (Wildman–Crippen MR) is 103 cm³/mol. The SMILES string of the molecule is CCOCCC1CC(=O)/C(=C2\CC(C)(C)CC(N3CCCC3)=C2C#N)C1=O. The highest BCUT2D eigenvalue weighted by Gasteiger charge is 2.42. The van der Waals surface area contributed by atoms with Crippen molar-refractivity contribution in [1.82, 2.24) is 4.90 Å². The number of allylic oxidation sites excluding steroid dienone is 4. The summed E-state index contributed by atoms with van der Waals surface area (Å²) in [4.78, 5) is 28.1. The molecule has 3 aliphatic rings. The molecule has 5 heteroatoms. The molecule has 3 rings (SSSR count). The number of carbonyl (C=O) groups excluding carboxylic acids is 2. The van der Waals surface area contributed by atoms with Crippen molar-refractivity contribution in [2.75, 3.05) is 26.3 Å². The molecule has 0 aromatic heterocycles. The van der Waals surface area contributed by atoms with Gasteiger partial charge in [-0.15, -0.1) is 0 Å². The number of Topliss-reactive ketones (excluding diaryl/α,β-unsaturated/α-hetero) is 2. The quantitative estimate of drug-likeness (QED) is 0.420. The maximum Gasteiger partial charge on any atom is 0.170 e. The number of nitriles is 1. The molecule has 146 valence electrons. The Balaban J connectivity index is 2.01. The molecule has 1 aliphatic heterocycles. The molecule has 0 N–H and O–H groups in total. The minimum absolute atomic E-state index is 0.0649. The lowest BCUT2D eigenvalue weighted by Crippen LogP contribution is -2.31. The normalized spacial score (nSPS) is 28.2. The number of hydrogen-bond acceptors (Lipinski definition) is 5. The first-order valence-corrected chi connectivity index (χ1v) is 10.1. The third kappa shape index (κ3) is 4.01. The third-order valence-electron chi connectivity index (χ3n) is 5.94. The lowest BCUT2D eigenvalue weighted by Gasteiger charge is -2.37. The summed E-state index contributed by atoms with van der Waals surface area (Å²) in [5.74, 6) is -0.476. The summed E-state index contributed by atoms with van der Waals surface area (Å²) < 4.78 is 5.37. The van der Waals surface area contributed by atoms with E-state index in [1.807, 2.05) is 6.92 Å². The van der Waals surface area contributed by atoms with Crippen LogP contribution in [0.2, 0.25) is 0 Å². The van der Waals surface area contributed by atoms with Crippen molar-refractivity contribution < 1.29 is 14.3 Å². The minimum atomic E-state index is -0.299. The van der Waals surface area contributed by atoms with Gasteiger partial charge < -0.3 is 9.64 Å². The number of carbonyl (C=O) groups is 2. The van der Waals surface area contributed by atoms with Crippen molar-refractivity contribution in [3.8, 4) is 6.07 Å². The fraction of sp³-hybridized carbons (Fsp3) is 0.682. The molecule has 1 heterocycles. The third-order valence-corrected chi connectivity index (χ3v) is 5.94. The van der Waals surface area contributed by atoms with Gasteiger partial charge in [-0.05, 0) is 50.0 Å². The number of likely N-dealkylation sites (tertiary alicyclic amines) is 1. The first-order valence-electron chi connectivity index (χ1n) is 10.1. The molecule has 1 saturated heterocycles. The van der Waals surface area contributed by atoms with Crippen molar-refractivity contribution in [3.63, 3.8) is 0 Å². The van der Waals surface area contributed by atoms with Gasteiger partial charge in [0.1, 0.15) is 6.07 Å². The van der Waals surface area contributed by atoms with Crippen LogP contribution >= 0.6 is 0 Å². The molecule has 0 amide bonds. The van der Waals surface area contributed by atoms with Crippen molar-refractivity contribution in [2.24, 2.45) is 11.3 Å². The van der Waals surface area contributed by atoms with E-state index in [0.717, 1.165) is 38.0 Å². The van der Waals surface area contributed by atoms with Crippen molar-refractivity contribution in [1.29, 1.82) is 5.26 Å². The molecule has 2 fully saturated rings. The maximum absolute atomic E-state index is 13.0. The molecule has 0 radical (unpaired) electrons. The van der Waals surface area contributed by atoms with Crippen molar-refractivity contribution in [3.05, 3.63) is 22.4 Å². The summed E-state index contributed by atoms with van der Waals surface area (Å²) in [5, 5.41) is 9.92. The van der Waals surface area contributed by atoms with Gasteiger partial charge in [0, 0.05) is 44.3 Å². The Kier molecular flexibility index (Phi) is 5.86. The molecule has 0 spiro atoms. The van der Waals surface area contributed by atoms with E-state index in [1.165, 1.54) is 0 Å². The second-order valence-corrected chi connectivity index (χ2v) is 8.67. The lowest BCUT2D eigenvalue weighted by molar-refractivity contribution is -0.118. The van der Waals surface area contributed by atoms with Gasteiger partial charge >= 0.3 is 0 Å². The number of hydrogen-bond donors (Lipinski definition) is 0. The van der Waals surface area contributed by atoms with Gasteiger partial charge in [-0.25, -0.2) is 0 Å². The van der Waals surface area contributed by atoms with Gasteiger partial charge in [0.15, 0.2) is 11.6 Å². The average molecular weight is 370 g/mol. The highest BCUT2D eigenvalue weighted by atomic mass is 16.5. The van der Waals surface area contributed by atoms with E-state index >= 15 is 0 Å². The second-order valence-electron chi connectivity index (χ2n) is 8.67. The minimum Gasteiger partial charge on any atom is -0.382 e. The topological polar surface area (TPSA) is 70.4 Å². The summed E-state index contributed by atoms with van der Waals surface area (Å²) in [6, 6.07) is 2.35. The summed E-state index contributed by atoms with van der Waals surface area (Å²) >= 11 is 0. The van der Waals surface area contributed by atoms with Crippen LogP contribution in [0.25, 0.3) is 0 Å². The zero-order valence-corrected chi connectivity index (χ0v) is 16.8. The Bertz CT molecular complexity index is 733. The molecule has 5 nitrogen and oxygen atoms in total. The average Bonchev–Trinajstić information content (AvgIpc) is 3.23. The standard InChI is InChI=1S/C22H30N2O3/c1-4-27-10-7-15-11-19(25)20(21(15)26)16-12-22(2,3)13-18(17(16)14-23)24-8-5-6-9-24/h15H,4-13H2,1-3H3/b20-16-. The first-order chi connectivity index (χ1) is 12.9. The van der Waals surface area contributed by atoms with Gasteiger partial charge in [0.05, 0.1) is 11.1 Å². The predicted octanol–water partition coefficient (Wildman–Crippen LogP) is 3.56. The van der Waals surface area contributed by atoms with Crippen LogP contribution in [0.1, 0.15) is 59.3 Å². The van der Waals surface area contributed by atoms with Gasteiger partial charge in [-0.2, -0.15) is 5.26 Å². The first kappa shape index (κ1) is 19.8. The van der Waals surface area contributed by atoms with Crippen LogP contribution in [0, 0.1) is 22.7 Å². The summed E-state index contributed by atoms with van der Waals surface area (Å²) in [5.41, 5.74) is 2.55. The summed E-state index contributed by atoms with van der Waals surface area (Å²) in [6.07, 6.45) is 4.52. The fourth-order valence-corrected chi connectivity index (χ4v) is 4.63. The van der Waals surface area contributed by atoms with E-state index in [2.05, 4.69) is 24.8 Å². The molecule has 1 unspecified atom stereocenters. The molecule has 0 aromatic carbocycles. The van der Waals surface area contributed by atoms with Gasteiger partial charge in [-0.1, -0.05) is 13.8 Å². The number of rotatable bonds is 5. The van der Waals surface area contributed by atoms with Crippen LogP contribution in [0.3, 0.4) is 0 Å². The van der Waals surface area contributed by atoms with Gasteiger partial charge in [0.25, 0.3) is 0 Å². The molecule has 1 saturated carbocycles. The molecular weight excluding hydrogens is 340 g/mol. The highest BCUT2D eigenvalue weighted by Crippen LogP contribution is 2.46. The van der Waals surface area contributed by atoms with Crippen LogP contribution in [-0.4, -0.2) is 42.8 Å². The van der Waals surface area contributed by atoms with Crippen LogP contribution in [-0.2, 0) is 14.3 Å². The zero-order valence-electron chi connectivity index (χ0n) is 16.8. The Morgan fingerprint density at radius 3 is 2.56 bits per heavy atom. The molecule has 0 aromatic rings. The monoisotopic (exact) mass is 370 g/mol. The van der Waals surface area contributed by atoms with E-state index in [4.69, 9.17) is 4.74 Å². The number of ether oxygens (including phenoxy) is 1. The van der Waals surface area contributed by atoms with Crippen molar-refractivity contribution >= 4 is 11.6 Å². The molecule has 2 aliphatic carbocycles. The van der Waals surface area contributed by atoms with Gasteiger partial charge in [0.2, 0.25) is 0 Å². The van der Waals surface area contributed by atoms with Crippen LogP contribution in [0.5, 0.6) is 0 Å². The Labute approximate surface area is 162 Å². The van der Waals surface area contributed by atoms with E-state index in [9.17, 15) is 14.9 Å². The smallest absolute Gasteiger partial charge is 0.170 e. The van der Waals surface area contributed by atoms with E-state index in [0.29, 0.717) is 42.8 Å². The zero-order chi connectivity index (χ0) is 19.6. The Morgan fingerprint density at radius 1 is 1.22 bits per heavy atom. The van der Waals surface area contributed by atoms with Gasteiger partial charge in [-0.3, -0.25) is 9.59 Å².